The molecular weight excluding hydrogens is 1080 g/mol. The molecule has 8 rings (SSSR count). The summed E-state index contributed by atoms with van der Waals surface area (Å²) in [5, 5.41) is 0. The van der Waals surface area contributed by atoms with E-state index in [1.807, 2.05) is 0 Å². The van der Waals surface area contributed by atoms with Crippen LogP contribution in [0, 0.1) is 6.92 Å². The third-order valence-corrected chi connectivity index (χ3v) is 19.0. The van der Waals surface area contributed by atoms with Gasteiger partial charge in [0.25, 0.3) is 23.6 Å². The van der Waals surface area contributed by atoms with Gasteiger partial charge in [-0.1, -0.05) is 51.4 Å². The molecule has 1 saturated heterocycles. The Hall–Kier alpha value is -5.93. The zero-order valence-electron chi connectivity index (χ0n) is 46.6. The van der Waals surface area contributed by atoms with Crippen molar-refractivity contribution in [1.29, 1.82) is 0 Å². The van der Waals surface area contributed by atoms with Gasteiger partial charge >= 0.3 is 15.6 Å². The molecule has 5 aliphatic rings. The number of piperazine rings is 1. The van der Waals surface area contributed by atoms with E-state index in [1.54, 1.807) is 41.1 Å². The van der Waals surface area contributed by atoms with Crippen molar-refractivity contribution in [3.63, 3.8) is 0 Å². The molecule has 24 heteroatoms. The van der Waals surface area contributed by atoms with Crippen molar-refractivity contribution in [3.8, 4) is 17.2 Å². The highest BCUT2D eigenvalue weighted by molar-refractivity contribution is 7.87. The number of aryl methyl sites for hydroxylation is 1. The molecule has 0 aliphatic carbocycles. The average molecular weight is 1160 g/mol. The Bertz CT molecular complexity index is 2960. The van der Waals surface area contributed by atoms with E-state index in [-0.39, 0.29) is 55.3 Å². The van der Waals surface area contributed by atoms with Crippen molar-refractivity contribution in [2.75, 3.05) is 94.9 Å². The normalized spacial score (nSPS) is 19.2. The molecule has 4 amide bonds. The predicted octanol–water partition coefficient (Wildman–Crippen LogP) is 8.88. The van der Waals surface area contributed by atoms with E-state index in [0.717, 1.165) is 66.2 Å². The lowest BCUT2D eigenvalue weighted by molar-refractivity contribution is -0.123. The maximum absolute atomic E-state index is 14.7. The maximum atomic E-state index is 14.7. The number of benzene rings is 3. The third kappa shape index (κ3) is 13.8. The zero-order valence-corrected chi connectivity index (χ0v) is 49.4. The quantitative estimate of drug-likeness (QED) is 0.0381. The smallest absolute Gasteiger partial charge is 0.493 e. The van der Waals surface area contributed by atoms with E-state index in [4.69, 9.17) is 23.7 Å². The van der Waals surface area contributed by atoms with Crippen LogP contribution in [0.1, 0.15) is 63.9 Å². The Morgan fingerprint density at radius 3 is 1.71 bits per heavy atom. The van der Waals surface area contributed by atoms with Gasteiger partial charge in [-0.25, -0.2) is 0 Å². The number of alkyl halides is 3. The van der Waals surface area contributed by atoms with Crippen LogP contribution in [0.15, 0.2) is 66.7 Å². The van der Waals surface area contributed by atoms with Crippen LogP contribution in [-0.2, 0) is 33.4 Å². The Kier molecular flexibility index (Phi) is 18.0. The van der Waals surface area contributed by atoms with Crippen molar-refractivity contribution in [2.24, 2.45) is 0 Å². The van der Waals surface area contributed by atoms with E-state index in [0.29, 0.717) is 67.4 Å². The molecule has 0 aromatic heterocycles. The maximum Gasteiger partial charge on any atom is 0.534 e. The van der Waals surface area contributed by atoms with Crippen molar-refractivity contribution < 1.29 is 68.6 Å². The Morgan fingerprint density at radius 2 is 1.16 bits per heavy atom. The van der Waals surface area contributed by atoms with Crippen molar-refractivity contribution in [1.82, 2.24) is 14.7 Å². The fraction of sp³-hybridized carbons (Fsp3) is 0.527. The fourth-order valence-electron chi connectivity index (χ4n) is 9.80. The van der Waals surface area contributed by atoms with E-state index < -0.39 is 67.9 Å². The second-order valence-electron chi connectivity index (χ2n) is 23.1. The number of unbranched alkanes of at least 4 members (excludes halogenated alkanes) is 2. The minimum Gasteiger partial charge on any atom is -0.493 e. The molecule has 3 aromatic carbocycles. The van der Waals surface area contributed by atoms with Gasteiger partial charge in [0, 0.05) is 98.6 Å². The van der Waals surface area contributed by atoms with Gasteiger partial charge in [-0.3, -0.25) is 33.9 Å². The number of halogens is 3. The van der Waals surface area contributed by atoms with Gasteiger partial charge in [-0.15, -0.1) is 0 Å². The summed E-state index contributed by atoms with van der Waals surface area (Å²) < 4.78 is 98.3. The molecule has 0 unspecified atom stereocenters. The zero-order chi connectivity index (χ0) is 57.2. The molecule has 0 bridgehead atoms. The highest BCUT2D eigenvalue weighted by Gasteiger charge is 2.51. The predicted molar refractivity (Wildman–Crippen MR) is 299 cm³/mol. The molecule has 0 radical (unpaired) electrons. The lowest BCUT2D eigenvalue weighted by atomic mass is 10.0. The first-order valence-corrected chi connectivity index (χ1v) is 35.6. The van der Waals surface area contributed by atoms with Gasteiger partial charge in [0.05, 0.1) is 42.8 Å². The van der Waals surface area contributed by atoms with Crippen molar-refractivity contribution in [2.45, 2.75) is 108 Å². The average Bonchev–Trinajstić information content (AvgIpc) is 4.25. The first-order chi connectivity index (χ1) is 37.2. The molecule has 2 atom stereocenters. The minimum atomic E-state index is -6.06. The Labute approximate surface area is 463 Å². The van der Waals surface area contributed by atoms with Gasteiger partial charge in [0.2, 0.25) is 0 Å². The number of anilines is 3. The monoisotopic (exact) mass is 1150 g/mol. The summed E-state index contributed by atoms with van der Waals surface area (Å²) in [7, 11) is -5.46. The first-order valence-electron chi connectivity index (χ1n) is 26.8. The number of amides is 4. The van der Waals surface area contributed by atoms with Crippen LogP contribution in [0.4, 0.5) is 30.2 Å². The molecule has 0 saturated carbocycles. The summed E-state index contributed by atoms with van der Waals surface area (Å²) in [6.45, 7) is 19.8. The number of fused-ring (bicyclic) bond motifs is 4. The fourth-order valence-corrected chi connectivity index (χ4v) is 11.8. The second kappa shape index (κ2) is 24.0. The largest absolute Gasteiger partial charge is 0.534 e. The molecular formula is C55H73F3N6O12SSi2. The number of likely N-dealkylation sites (N-methyl/N-ethyl adjacent to an activating group) is 1. The molecule has 0 N–H and O–H groups in total. The SMILES string of the molecule is COc1cc2c(cc1OCCCCCOc1cc3c(cc1C)C(=O)N1C=C(OS(=O)(=O)C(F)(F)F)C[C@H]1C(=O)N3COCC[Si](C)(C)C)N(COCC[Si](C)(C)C)C(=O)[C@@H]1CC(c3ccc(N4CCN(C)CC4)cc3)=CN1C2=O. The number of ether oxygens (including phenoxy) is 5. The van der Waals surface area contributed by atoms with E-state index in [2.05, 4.69) is 84.6 Å². The van der Waals surface area contributed by atoms with Gasteiger partial charge < -0.3 is 42.6 Å². The Balaban J connectivity index is 0.936. The van der Waals surface area contributed by atoms with Crippen LogP contribution in [0.25, 0.3) is 5.57 Å². The van der Waals surface area contributed by atoms with Crippen LogP contribution in [0.3, 0.4) is 0 Å². The summed E-state index contributed by atoms with van der Waals surface area (Å²) in [6, 6.07) is 14.2. The number of carbonyl (C=O) groups excluding carboxylic acids is 4. The van der Waals surface area contributed by atoms with Crippen LogP contribution in [0.5, 0.6) is 17.2 Å². The summed E-state index contributed by atoms with van der Waals surface area (Å²) in [4.78, 5) is 67.4. The molecule has 3 aromatic rings. The highest BCUT2D eigenvalue weighted by atomic mass is 32.2. The number of nitrogens with zero attached hydrogens (tertiary/aromatic N) is 6. The third-order valence-electron chi connectivity index (χ3n) is 14.6. The van der Waals surface area contributed by atoms with Gasteiger partial charge in [-0.2, -0.15) is 21.6 Å². The van der Waals surface area contributed by atoms with Crippen LogP contribution >= 0.6 is 0 Å². The lowest BCUT2D eigenvalue weighted by Gasteiger charge is -2.34. The lowest BCUT2D eigenvalue weighted by Crippen LogP contribution is -2.45. The topological polar surface area (TPSA) is 177 Å². The van der Waals surface area contributed by atoms with E-state index >= 15 is 0 Å². The number of hydrogen-bond donors (Lipinski definition) is 0. The van der Waals surface area contributed by atoms with Crippen LogP contribution < -0.4 is 28.9 Å². The van der Waals surface area contributed by atoms with Crippen LogP contribution in [0.2, 0.25) is 51.4 Å². The number of rotatable bonds is 23. The molecule has 18 nitrogen and oxygen atoms in total. The summed E-state index contributed by atoms with van der Waals surface area (Å²) >= 11 is 0. The van der Waals surface area contributed by atoms with Crippen LogP contribution in [-0.4, -0.2) is 161 Å². The summed E-state index contributed by atoms with van der Waals surface area (Å²) in [5.74, 6) is -1.69. The molecule has 430 valence electrons. The van der Waals surface area contributed by atoms with Gasteiger partial charge in [0.1, 0.15) is 37.1 Å². The number of carbonyl (C=O) groups is 4. The molecule has 0 spiro atoms. The number of hydrogen-bond acceptors (Lipinski definition) is 14. The Morgan fingerprint density at radius 1 is 0.646 bits per heavy atom. The van der Waals surface area contributed by atoms with Gasteiger partial charge in [-0.05, 0) is 86.3 Å². The molecule has 79 heavy (non-hydrogen) atoms. The summed E-state index contributed by atoms with van der Waals surface area (Å²) in [6.07, 6.45) is 4.17. The number of methoxy groups -OCH3 is 1. The van der Waals surface area contributed by atoms with Gasteiger partial charge in [0.15, 0.2) is 11.5 Å². The van der Waals surface area contributed by atoms with E-state index in [1.165, 1.54) is 18.1 Å². The second-order valence-corrected chi connectivity index (χ2v) is 35.9. The van der Waals surface area contributed by atoms with Crippen molar-refractivity contribution in [3.05, 3.63) is 88.9 Å². The van der Waals surface area contributed by atoms with E-state index in [9.17, 15) is 40.8 Å². The highest BCUT2D eigenvalue weighted by Crippen LogP contribution is 2.43. The minimum absolute atomic E-state index is 0.0343. The standard InChI is InChI=1S/C55H73F3N6O12SSi2/c1-37-27-42-44(63(35-72-23-25-78(4,5)6)54(68)47-29-41(34-62(47)51(42)65)76-77(69,70)55(56,57)58)31-48(37)74-21-11-10-12-22-75-50-32-45-43(30-49(50)71-3)52(66)61-33-39(28-46(61)53(67)64(45)36-73-24-26-79(7,8)9)38-13-15-40(16-14-38)60-19-17-59(2)18-20-60/h13-16,27,30-34,46-47H,10-12,17-26,28-29,35-36H2,1-9H3/t46-,47-/m0/s1. The summed E-state index contributed by atoms with van der Waals surface area (Å²) in [5.41, 5.74) is -1.35. The first kappa shape index (κ1) is 59.2. The molecule has 1 fully saturated rings. The molecule has 5 aliphatic heterocycles. The molecule has 5 heterocycles. The van der Waals surface area contributed by atoms with Crippen molar-refractivity contribution >= 4 is 72.5 Å².